The fraction of sp³-hybridized carbons (Fsp3) is 0.278. The van der Waals surface area contributed by atoms with Crippen molar-refractivity contribution in [2.45, 2.75) is 25.8 Å². The first kappa shape index (κ1) is 16.9. The smallest absolute Gasteiger partial charge is 0.220 e. The van der Waals surface area contributed by atoms with E-state index >= 15 is 0 Å². The standard InChI is InChI=1S/C18H19F2NO2/c1-12(16-8-7-14(19)11-17(16)20)21-18(22)9-6-13-4-3-5-15(10-13)23-2/h3-5,7-8,10-12H,6,9H2,1-2H3,(H,21,22). The fourth-order valence-corrected chi connectivity index (χ4v) is 2.33. The normalized spacial score (nSPS) is 11.8. The number of carbonyl (C=O) groups is 1. The summed E-state index contributed by atoms with van der Waals surface area (Å²) in [5.74, 6) is -0.748. The van der Waals surface area contributed by atoms with Crippen molar-refractivity contribution in [3.8, 4) is 5.75 Å². The van der Waals surface area contributed by atoms with Gasteiger partial charge in [-0.1, -0.05) is 18.2 Å². The second-order valence-electron chi connectivity index (χ2n) is 5.31. The molecule has 2 rings (SSSR count). The highest BCUT2D eigenvalue weighted by Gasteiger charge is 2.14. The minimum Gasteiger partial charge on any atom is -0.497 e. The number of nitrogens with one attached hydrogen (secondary N) is 1. The Morgan fingerprint density at radius 2 is 2.00 bits per heavy atom. The molecule has 0 spiro atoms. The summed E-state index contributed by atoms with van der Waals surface area (Å²) in [6, 6.07) is 10.3. The number of hydrogen-bond acceptors (Lipinski definition) is 2. The number of ether oxygens (including phenoxy) is 1. The third-order valence-electron chi connectivity index (χ3n) is 3.58. The van der Waals surface area contributed by atoms with Gasteiger partial charge in [0.2, 0.25) is 5.91 Å². The highest BCUT2D eigenvalue weighted by atomic mass is 19.1. The molecule has 0 aromatic heterocycles. The molecule has 2 aromatic carbocycles. The Morgan fingerprint density at radius 3 is 2.70 bits per heavy atom. The molecule has 0 aliphatic heterocycles. The van der Waals surface area contributed by atoms with Gasteiger partial charge >= 0.3 is 0 Å². The summed E-state index contributed by atoms with van der Waals surface area (Å²) in [4.78, 5) is 12.0. The van der Waals surface area contributed by atoms with E-state index in [9.17, 15) is 13.6 Å². The number of aryl methyl sites for hydroxylation is 1. The highest BCUT2D eigenvalue weighted by molar-refractivity contribution is 5.76. The lowest BCUT2D eigenvalue weighted by Gasteiger charge is -2.15. The molecule has 0 fully saturated rings. The van der Waals surface area contributed by atoms with Gasteiger partial charge in [0.1, 0.15) is 17.4 Å². The van der Waals surface area contributed by atoms with E-state index in [1.54, 1.807) is 14.0 Å². The molecular formula is C18H19F2NO2. The number of benzene rings is 2. The van der Waals surface area contributed by atoms with Gasteiger partial charge in [0.15, 0.2) is 0 Å². The number of hydrogen-bond donors (Lipinski definition) is 1. The number of methoxy groups -OCH3 is 1. The van der Waals surface area contributed by atoms with E-state index in [1.165, 1.54) is 12.1 Å². The molecule has 5 heteroatoms. The van der Waals surface area contributed by atoms with Crippen LogP contribution in [-0.2, 0) is 11.2 Å². The van der Waals surface area contributed by atoms with E-state index in [0.717, 1.165) is 17.4 Å². The molecule has 23 heavy (non-hydrogen) atoms. The Hall–Kier alpha value is -2.43. The molecule has 1 unspecified atom stereocenters. The topological polar surface area (TPSA) is 38.3 Å². The van der Waals surface area contributed by atoms with E-state index in [0.29, 0.717) is 6.42 Å². The molecule has 0 aliphatic rings. The maximum absolute atomic E-state index is 13.7. The molecule has 0 saturated heterocycles. The molecule has 0 bridgehead atoms. The van der Waals surface area contributed by atoms with Crippen molar-refractivity contribution < 1.29 is 18.3 Å². The first-order valence-corrected chi connectivity index (χ1v) is 7.37. The fourth-order valence-electron chi connectivity index (χ4n) is 2.33. The van der Waals surface area contributed by atoms with Gasteiger partial charge in [-0.25, -0.2) is 8.78 Å². The Morgan fingerprint density at radius 1 is 1.22 bits per heavy atom. The summed E-state index contributed by atoms with van der Waals surface area (Å²) >= 11 is 0. The van der Waals surface area contributed by atoms with Crippen molar-refractivity contribution in [2.24, 2.45) is 0 Å². The van der Waals surface area contributed by atoms with E-state index in [1.807, 2.05) is 24.3 Å². The third-order valence-corrected chi connectivity index (χ3v) is 3.58. The van der Waals surface area contributed by atoms with Gasteiger partial charge in [-0.15, -0.1) is 0 Å². The SMILES string of the molecule is COc1cccc(CCC(=O)NC(C)c2ccc(F)cc2F)c1. The summed E-state index contributed by atoms with van der Waals surface area (Å²) in [5.41, 5.74) is 1.25. The van der Waals surface area contributed by atoms with Crippen molar-refractivity contribution in [3.05, 3.63) is 65.2 Å². The van der Waals surface area contributed by atoms with Gasteiger partial charge in [-0.2, -0.15) is 0 Å². The molecule has 0 heterocycles. The number of rotatable bonds is 6. The molecule has 3 nitrogen and oxygen atoms in total. The molecule has 2 aromatic rings. The molecular weight excluding hydrogens is 300 g/mol. The predicted octanol–water partition coefficient (Wildman–Crippen LogP) is 3.78. The average Bonchev–Trinajstić information content (AvgIpc) is 2.53. The van der Waals surface area contributed by atoms with Crippen LogP contribution >= 0.6 is 0 Å². The molecule has 1 N–H and O–H groups in total. The van der Waals surface area contributed by atoms with Gasteiger partial charge in [0.25, 0.3) is 0 Å². The Balaban J connectivity index is 1.91. The maximum Gasteiger partial charge on any atom is 0.220 e. The van der Waals surface area contributed by atoms with Gasteiger partial charge in [0.05, 0.1) is 13.2 Å². The quantitative estimate of drug-likeness (QED) is 0.880. The second kappa shape index (κ2) is 7.72. The van der Waals surface area contributed by atoms with Gasteiger partial charge in [-0.05, 0) is 37.1 Å². The van der Waals surface area contributed by atoms with Crippen LogP contribution in [0, 0.1) is 11.6 Å². The molecule has 1 atom stereocenters. The molecule has 122 valence electrons. The van der Waals surface area contributed by atoms with Crippen LogP contribution in [0.4, 0.5) is 8.78 Å². The molecule has 0 saturated carbocycles. The summed E-state index contributed by atoms with van der Waals surface area (Å²) in [6.07, 6.45) is 0.835. The number of carbonyl (C=O) groups excluding carboxylic acids is 1. The zero-order valence-electron chi connectivity index (χ0n) is 13.1. The number of halogens is 2. The van der Waals surface area contributed by atoms with Crippen molar-refractivity contribution in [1.82, 2.24) is 5.32 Å². The van der Waals surface area contributed by atoms with Gasteiger partial charge in [0, 0.05) is 18.1 Å². The molecule has 1 amide bonds. The van der Waals surface area contributed by atoms with Crippen molar-refractivity contribution in [1.29, 1.82) is 0 Å². The first-order valence-electron chi connectivity index (χ1n) is 7.37. The summed E-state index contributed by atoms with van der Waals surface area (Å²) in [7, 11) is 1.59. The monoisotopic (exact) mass is 319 g/mol. The number of amides is 1. The summed E-state index contributed by atoms with van der Waals surface area (Å²) in [6.45, 7) is 1.67. The Bertz CT molecular complexity index is 688. The van der Waals surface area contributed by atoms with E-state index in [-0.39, 0.29) is 17.9 Å². The van der Waals surface area contributed by atoms with Crippen molar-refractivity contribution in [2.75, 3.05) is 7.11 Å². The largest absolute Gasteiger partial charge is 0.497 e. The van der Waals surface area contributed by atoms with Gasteiger partial charge < -0.3 is 10.1 Å². The van der Waals surface area contributed by atoms with Crippen molar-refractivity contribution in [3.63, 3.8) is 0 Å². The van der Waals surface area contributed by atoms with E-state index in [2.05, 4.69) is 5.32 Å². The minimum atomic E-state index is -0.661. The molecule has 0 radical (unpaired) electrons. The van der Waals surface area contributed by atoms with E-state index in [4.69, 9.17) is 4.74 Å². The Labute approximate surface area is 134 Å². The lowest BCUT2D eigenvalue weighted by molar-refractivity contribution is -0.121. The summed E-state index contributed by atoms with van der Waals surface area (Å²) < 4.78 is 31.7. The second-order valence-corrected chi connectivity index (χ2v) is 5.31. The lowest BCUT2D eigenvalue weighted by Crippen LogP contribution is -2.27. The lowest BCUT2D eigenvalue weighted by atomic mass is 10.1. The third kappa shape index (κ3) is 4.77. The summed E-state index contributed by atoms with van der Waals surface area (Å²) in [5, 5.41) is 2.72. The van der Waals surface area contributed by atoms with Crippen LogP contribution in [0.1, 0.15) is 30.5 Å². The van der Waals surface area contributed by atoms with Crippen LogP contribution in [0.5, 0.6) is 5.75 Å². The van der Waals surface area contributed by atoms with Crippen LogP contribution in [0.2, 0.25) is 0 Å². The van der Waals surface area contributed by atoms with Crippen LogP contribution < -0.4 is 10.1 Å². The van der Waals surface area contributed by atoms with E-state index < -0.39 is 17.7 Å². The minimum absolute atomic E-state index is 0.191. The highest BCUT2D eigenvalue weighted by Crippen LogP contribution is 2.18. The van der Waals surface area contributed by atoms with Crippen molar-refractivity contribution >= 4 is 5.91 Å². The predicted molar refractivity (Wildman–Crippen MR) is 84.2 cm³/mol. The van der Waals surface area contributed by atoms with Crippen LogP contribution in [0.3, 0.4) is 0 Å². The zero-order valence-corrected chi connectivity index (χ0v) is 13.1. The average molecular weight is 319 g/mol. The zero-order chi connectivity index (χ0) is 16.8. The van der Waals surface area contributed by atoms with Crippen LogP contribution in [0.25, 0.3) is 0 Å². The Kier molecular flexibility index (Phi) is 5.68. The van der Waals surface area contributed by atoms with Crippen LogP contribution in [0.15, 0.2) is 42.5 Å². The van der Waals surface area contributed by atoms with Crippen LogP contribution in [-0.4, -0.2) is 13.0 Å². The molecule has 0 aliphatic carbocycles. The van der Waals surface area contributed by atoms with Gasteiger partial charge in [-0.3, -0.25) is 4.79 Å². The first-order chi connectivity index (χ1) is 11.0. The maximum atomic E-state index is 13.7.